The quantitative estimate of drug-likeness (QED) is 0.217. The number of nitrogens with zero attached hydrogens (tertiary/aromatic N) is 6. The molecule has 1 fully saturated rings. The molecule has 0 bridgehead atoms. The first-order valence-electron chi connectivity index (χ1n) is 14.1. The van der Waals surface area contributed by atoms with E-state index in [4.69, 9.17) is 21.0 Å². The number of hydrogen-bond acceptors (Lipinski definition) is 7. The Morgan fingerprint density at radius 2 is 1.93 bits per heavy atom. The average Bonchev–Trinajstić information content (AvgIpc) is 3.47. The van der Waals surface area contributed by atoms with Crippen LogP contribution in [0.3, 0.4) is 0 Å². The Morgan fingerprint density at radius 1 is 1.16 bits per heavy atom. The molecule has 0 aliphatic carbocycles. The highest BCUT2D eigenvalue weighted by molar-refractivity contribution is 6.34. The summed E-state index contributed by atoms with van der Waals surface area (Å²) in [6, 6.07) is 5.31. The maximum Gasteiger partial charge on any atom is 0.355 e. The molecular weight excluding hydrogens is 590 g/mol. The number of fused-ring (bicyclic) bond motifs is 2. The molecule has 0 N–H and O–H groups in total. The Labute approximate surface area is 256 Å². The Bertz CT molecular complexity index is 2040. The smallest absolute Gasteiger partial charge is 0.355 e. The van der Waals surface area contributed by atoms with Crippen LogP contribution in [0.25, 0.3) is 38.9 Å². The van der Waals surface area contributed by atoms with Crippen LogP contribution in [0.2, 0.25) is 5.02 Å². The summed E-state index contributed by atoms with van der Waals surface area (Å²) in [6.07, 6.45) is 4.21. The molecule has 1 saturated heterocycles. The van der Waals surface area contributed by atoms with Crippen molar-refractivity contribution in [3.8, 4) is 16.9 Å². The fraction of sp³-hybridized carbons (Fsp3) is 0.281. The molecule has 0 unspecified atom stereocenters. The van der Waals surface area contributed by atoms with Gasteiger partial charge in [-0.2, -0.15) is 4.98 Å². The van der Waals surface area contributed by atoms with E-state index < -0.39 is 17.3 Å². The average molecular weight is 619 g/mol. The van der Waals surface area contributed by atoms with Crippen LogP contribution in [0.15, 0.2) is 58.6 Å². The first-order valence-corrected chi connectivity index (χ1v) is 14.5. The summed E-state index contributed by atoms with van der Waals surface area (Å²) in [5.74, 6) is -1.62. The summed E-state index contributed by atoms with van der Waals surface area (Å²) >= 11 is 6.82. The number of aryl methyl sites for hydroxylation is 1. The highest BCUT2D eigenvalue weighted by Crippen LogP contribution is 2.40. The predicted octanol–water partition coefficient (Wildman–Crippen LogP) is 6.18. The van der Waals surface area contributed by atoms with E-state index in [1.54, 1.807) is 23.2 Å². The van der Waals surface area contributed by atoms with E-state index in [1.165, 1.54) is 23.0 Å². The van der Waals surface area contributed by atoms with Gasteiger partial charge in [-0.15, -0.1) is 0 Å². The lowest BCUT2D eigenvalue weighted by molar-refractivity contribution is -0.126. The molecule has 1 aliphatic heterocycles. The highest BCUT2D eigenvalue weighted by Gasteiger charge is 2.31. The lowest BCUT2D eigenvalue weighted by atomic mass is 10.0. The molecule has 44 heavy (non-hydrogen) atoms. The maximum atomic E-state index is 15.5. The van der Waals surface area contributed by atoms with Gasteiger partial charge in [-0.25, -0.2) is 23.1 Å². The van der Waals surface area contributed by atoms with Crippen LogP contribution in [0.4, 0.5) is 14.6 Å². The topological polar surface area (TPSA) is 97.4 Å². The largest absolute Gasteiger partial charge is 0.463 e. The van der Waals surface area contributed by atoms with Gasteiger partial charge in [0.15, 0.2) is 5.65 Å². The van der Waals surface area contributed by atoms with E-state index in [-0.39, 0.29) is 50.8 Å². The molecule has 1 amide bonds. The van der Waals surface area contributed by atoms with Crippen LogP contribution in [0, 0.1) is 18.6 Å². The summed E-state index contributed by atoms with van der Waals surface area (Å²) in [5.41, 5.74) is 1.24. The van der Waals surface area contributed by atoms with Crippen molar-refractivity contribution in [1.82, 2.24) is 24.4 Å². The van der Waals surface area contributed by atoms with Gasteiger partial charge in [0.1, 0.15) is 23.0 Å². The van der Waals surface area contributed by atoms with Crippen LogP contribution >= 0.6 is 11.6 Å². The molecule has 1 atom stereocenters. The summed E-state index contributed by atoms with van der Waals surface area (Å²) in [6.45, 7) is 12.4. The van der Waals surface area contributed by atoms with Gasteiger partial charge in [0, 0.05) is 37.9 Å². The number of piperazine rings is 1. The lowest BCUT2D eigenvalue weighted by Gasteiger charge is -2.40. The third-order valence-corrected chi connectivity index (χ3v) is 8.28. The molecule has 1 aliphatic rings. The number of rotatable bonds is 5. The summed E-state index contributed by atoms with van der Waals surface area (Å²) in [7, 11) is 0. The molecule has 12 heteroatoms. The highest BCUT2D eigenvalue weighted by atomic mass is 35.5. The molecule has 226 valence electrons. The van der Waals surface area contributed by atoms with E-state index in [2.05, 4.69) is 16.5 Å². The number of pyridine rings is 2. The second-order valence-electron chi connectivity index (χ2n) is 11.2. The number of hydrogen-bond donors (Lipinski definition) is 0. The van der Waals surface area contributed by atoms with Crippen molar-refractivity contribution in [3.05, 3.63) is 87.8 Å². The van der Waals surface area contributed by atoms with Crippen molar-refractivity contribution in [2.75, 3.05) is 24.5 Å². The lowest BCUT2D eigenvalue weighted by Crippen LogP contribution is -2.54. The third kappa shape index (κ3) is 4.71. The number of aromatic nitrogens is 4. The molecule has 0 spiro atoms. The van der Waals surface area contributed by atoms with E-state index in [0.717, 1.165) is 11.6 Å². The fourth-order valence-corrected chi connectivity index (χ4v) is 6.11. The first kappa shape index (κ1) is 29.4. The van der Waals surface area contributed by atoms with Gasteiger partial charge in [0.2, 0.25) is 5.91 Å². The third-order valence-electron chi connectivity index (χ3n) is 7.99. The number of benzene rings is 1. The molecule has 1 aromatic carbocycles. The van der Waals surface area contributed by atoms with Crippen molar-refractivity contribution >= 4 is 45.3 Å². The molecule has 5 aromatic rings. The Morgan fingerprint density at radius 3 is 2.64 bits per heavy atom. The standard InChI is InChI=1S/C32H29ClF2N6O3/c1-6-24(42)39-10-11-40(18(5)15-39)30-20-13-21(33)27(25-23(35)14-22(34)19-8-12-44-29(19)25)37-31(20)41(32(43)38-30)28-17(4)7-9-36-26(28)16(2)3/h6-9,12-14,16,18H,1,10-11,15H2,2-5H3/t18-/m0/s1. The number of furan rings is 1. The minimum atomic E-state index is -0.918. The molecule has 0 saturated carbocycles. The van der Waals surface area contributed by atoms with E-state index in [0.29, 0.717) is 42.2 Å². The monoisotopic (exact) mass is 618 g/mol. The van der Waals surface area contributed by atoms with Crippen molar-refractivity contribution < 1.29 is 18.0 Å². The van der Waals surface area contributed by atoms with Gasteiger partial charge < -0.3 is 14.2 Å². The van der Waals surface area contributed by atoms with Gasteiger partial charge in [-0.1, -0.05) is 32.0 Å². The molecule has 9 nitrogen and oxygen atoms in total. The zero-order valence-electron chi connectivity index (χ0n) is 24.6. The van der Waals surface area contributed by atoms with Gasteiger partial charge >= 0.3 is 5.69 Å². The number of halogens is 3. The van der Waals surface area contributed by atoms with Crippen molar-refractivity contribution in [3.63, 3.8) is 0 Å². The Balaban J connectivity index is 1.67. The number of carbonyl (C=O) groups excluding carboxylic acids is 1. The van der Waals surface area contributed by atoms with Gasteiger partial charge in [0.25, 0.3) is 0 Å². The molecule has 0 radical (unpaired) electrons. The van der Waals surface area contributed by atoms with Crippen molar-refractivity contribution in [2.24, 2.45) is 0 Å². The zero-order valence-corrected chi connectivity index (χ0v) is 25.3. The second kappa shape index (κ2) is 11.1. The molecule has 6 rings (SSSR count). The van der Waals surface area contributed by atoms with E-state index in [1.807, 2.05) is 32.6 Å². The SMILES string of the molecule is C=CC(=O)N1CCN(c2nc(=O)n(-c3c(C)ccnc3C(C)C)c3nc(-c4c(F)cc(F)c5ccoc45)c(Cl)cc23)[C@@H](C)C1. The Hall–Kier alpha value is -4.64. The molecular formula is C32H29ClF2N6O3. The van der Waals surface area contributed by atoms with Crippen LogP contribution < -0.4 is 10.6 Å². The normalized spacial score (nSPS) is 15.5. The van der Waals surface area contributed by atoms with E-state index in [9.17, 15) is 14.0 Å². The van der Waals surface area contributed by atoms with Crippen LogP contribution in [-0.4, -0.2) is 56.0 Å². The van der Waals surface area contributed by atoms with E-state index >= 15 is 4.39 Å². The van der Waals surface area contributed by atoms with Gasteiger partial charge in [-0.3, -0.25) is 9.78 Å². The minimum absolute atomic E-state index is 0.0241. The summed E-state index contributed by atoms with van der Waals surface area (Å²) in [4.78, 5) is 43.9. The van der Waals surface area contributed by atoms with Crippen LogP contribution in [-0.2, 0) is 4.79 Å². The fourth-order valence-electron chi connectivity index (χ4n) is 5.87. The summed E-state index contributed by atoms with van der Waals surface area (Å²) in [5, 5.41) is 0.553. The van der Waals surface area contributed by atoms with Crippen molar-refractivity contribution in [2.45, 2.75) is 39.7 Å². The molecule has 4 aromatic heterocycles. The van der Waals surface area contributed by atoms with Crippen molar-refractivity contribution in [1.29, 1.82) is 0 Å². The number of carbonyl (C=O) groups is 1. The van der Waals surface area contributed by atoms with Crippen LogP contribution in [0.1, 0.15) is 37.9 Å². The maximum absolute atomic E-state index is 15.5. The van der Waals surface area contributed by atoms with Gasteiger partial charge in [0.05, 0.1) is 44.7 Å². The summed E-state index contributed by atoms with van der Waals surface area (Å²) < 4.78 is 36.9. The second-order valence-corrected chi connectivity index (χ2v) is 11.6. The number of anilines is 1. The minimum Gasteiger partial charge on any atom is -0.463 e. The van der Waals surface area contributed by atoms with Crippen LogP contribution in [0.5, 0.6) is 0 Å². The number of amides is 1. The zero-order chi connectivity index (χ0) is 31.4. The Kier molecular flexibility index (Phi) is 7.44. The first-order chi connectivity index (χ1) is 21.0. The predicted molar refractivity (Wildman–Crippen MR) is 165 cm³/mol. The van der Waals surface area contributed by atoms with Gasteiger partial charge in [-0.05, 0) is 49.6 Å². The molecule has 5 heterocycles.